The second-order valence-electron chi connectivity index (χ2n) is 6.84. The molecule has 2 N–H and O–H groups in total. The van der Waals surface area contributed by atoms with E-state index in [0.717, 1.165) is 31.4 Å². The van der Waals surface area contributed by atoms with E-state index in [9.17, 15) is 0 Å². The van der Waals surface area contributed by atoms with Crippen LogP contribution in [-0.2, 0) is 11.3 Å². The van der Waals surface area contributed by atoms with Crippen molar-refractivity contribution in [1.29, 1.82) is 0 Å². The van der Waals surface area contributed by atoms with Crippen LogP contribution in [0.5, 0.6) is 0 Å². The first-order valence-corrected chi connectivity index (χ1v) is 9.56. The Kier molecular flexibility index (Phi) is 9.37. The van der Waals surface area contributed by atoms with Crippen LogP contribution >= 0.6 is 0 Å². The maximum absolute atomic E-state index is 5.68. The SMILES string of the molecule is CN=C(NCCCN1CCC(C)CC1)NCCOCc1ccccc1. The molecule has 0 amide bonds. The van der Waals surface area contributed by atoms with E-state index in [2.05, 4.69) is 39.6 Å². The molecule has 0 unspecified atom stereocenters. The molecule has 0 radical (unpaired) electrons. The molecule has 1 aliphatic heterocycles. The van der Waals surface area contributed by atoms with Crippen LogP contribution in [0, 0.1) is 5.92 Å². The summed E-state index contributed by atoms with van der Waals surface area (Å²) in [6.45, 7) is 9.09. The molecule has 5 nitrogen and oxygen atoms in total. The predicted molar refractivity (Wildman–Crippen MR) is 105 cm³/mol. The highest BCUT2D eigenvalue weighted by molar-refractivity contribution is 5.79. The molecule has 0 saturated carbocycles. The lowest BCUT2D eigenvalue weighted by molar-refractivity contribution is 0.125. The fraction of sp³-hybridized carbons (Fsp3) is 0.650. The highest BCUT2D eigenvalue weighted by Crippen LogP contribution is 2.15. The maximum Gasteiger partial charge on any atom is 0.191 e. The van der Waals surface area contributed by atoms with Crippen molar-refractivity contribution in [3.05, 3.63) is 35.9 Å². The van der Waals surface area contributed by atoms with Gasteiger partial charge in [0, 0.05) is 20.1 Å². The van der Waals surface area contributed by atoms with Gasteiger partial charge in [-0.2, -0.15) is 0 Å². The summed E-state index contributed by atoms with van der Waals surface area (Å²) < 4.78 is 5.68. The van der Waals surface area contributed by atoms with Gasteiger partial charge in [-0.3, -0.25) is 4.99 Å². The number of piperidine rings is 1. The standard InChI is InChI=1S/C20H34N4O/c1-18-9-14-24(15-10-18)13-6-11-22-20(21-2)23-12-16-25-17-19-7-4-3-5-8-19/h3-5,7-8,18H,6,9-17H2,1-2H3,(H2,21,22,23). The summed E-state index contributed by atoms with van der Waals surface area (Å²) >= 11 is 0. The topological polar surface area (TPSA) is 48.9 Å². The lowest BCUT2D eigenvalue weighted by Gasteiger charge is -2.30. The van der Waals surface area contributed by atoms with Crippen LogP contribution in [0.3, 0.4) is 0 Å². The van der Waals surface area contributed by atoms with Crippen LogP contribution in [0.25, 0.3) is 0 Å². The molecule has 1 aliphatic rings. The highest BCUT2D eigenvalue weighted by atomic mass is 16.5. The second-order valence-corrected chi connectivity index (χ2v) is 6.84. The van der Waals surface area contributed by atoms with Crippen LogP contribution < -0.4 is 10.6 Å². The highest BCUT2D eigenvalue weighted by Gasteiger charge is 2.14. The van der Waals surface area contributed by atoms with E-state index in [0.29, 0.717) is 13.2 Å². The first kappa shape index (κ1) is 19.7. The van der Waals surface area contributed by atoms with Gasteiger partial charge in [0.1, 0.15) is 0 Å². The summed E-state index contributed by atoms with van der Waals surface area (Å²) in [6, 6.07) is 10.3. The Labute approximate surface area is 152 Å². The van der Waals surface area contributed by atoms with E-state index in [1.165, 1.54) is 38.0 Å². The van der Waals surface area contributed by atoms with E-state index in [1.807, 2.05) is 25.2 Å². The fourth-order valence-corrected chi connectivity index (χ4v) is 3.02. The third kappa shape index (κ3) is 8.36. The van der Waals surface area contributed by atoms with E-state index in [1.54, 1.807) is 0 Å². The number of hydrogen-bond acceptors (Lipinski definition) is 3. The number of guanidine groups is 1. The summed E-state index contributed by atoms with van der Waals surface area (Å²) in [5.41, 5.74) is 1.21. The summed E-state index contributed by atoms with van der Waals surface area (Å²) in [4.78, 5) is 6.84. The van der Waals surface area contributed by atoms with Gasteiger partial charge in [-0.1, -0.05) is 37.3 Å². The van der Waals surface area contributed by atoms with E-state index < -0.39 is 0 Å². The van der Waals surface area contributed by atoms with Crippen molar-refractivity contribution in [1.82, 2.24) is 15.5 Å². The lowest BCUT2D eigenvalue weighted by Crippen LogP contribution is -2.40. The van der Waals surface area contributed by atoms with Gasteiger partial charge in [0.25, 0.3) is 0 Å². The Morgan fingerprint density at radius 3 is 2.60 bits per heavy atom. The number of ether oxygens (including phenoxy) is 1. The number of hydrogen-bond donors (Lipinski definition) is 2. The van der Waals surface area contributed by atoms with Crippen LogP contribution in [0.15, 0.2) is 35.3 Å². The van der Waals surface area contributed by atoms with Crippen molar-refractivity contribution in [2.45, 2.75) is 32.8 Å². The van der Waals surface area contributed by atoms with Gasteiger partial charge < -0.3 is 20.3 Å². The minimum absolute atomic E-state index is 0.656. The summed E-state index contributed by atoms with van der Waals surface area (Å²) in [7, 11) is 1.81. The number of nitrogens with zero attached hydrogens (tertiary/aromatic N) is 2. The Hall–Kier alpha value is -1.59. The Morgan fingerprint density at radius 1 is 1.16 bits per heavy atom. The van der Waals surface area contributed by atoms with Crippen LogP contribution in [-0.4, -0.2) is 57.2 Å². The molecule has 1 aromatic rings. The summed E-state index contributed by atoms with van der Waals surface area (Å²) in [6.07, 6.45) is 3.85. The number of aliphatic imine (C=N–C) groups is 1. The Bertz CT molecular complexity index is 484. The quantitative estimate of drug-likeness (QED) is 0.410. The smallest absolute Gasteiger partial charge is 0.191 e. The van der Waals surface area contributed by atoms with Crippen LogP contribution in [0.4, 0.5) is 0 Å². The number of likely N-dealkylation sites (tertiary alicyclic amines) is 1. The van der Waals surface area contributed by atoms with E-state index >= 15 is 0 Å². The van der Waals surface area contributed by atoms with Gasteiger partial charge in [0.05, 0.1) is 13.2 Å². The van der Waals surface area contributed by atoms with Gasteiger partial charge in [-0.15, -0.1) is 0 Å². The summed E-state index contributed by atoms with van der Waals surface area (Å²) in [5, 5.41) is 6.68. The minimum atomic E-state index is 0.656. The normalized spacial score (nSPS) is 16.8. The van der Waals surface area contributed by atoms with E-state index in [-0.39, 0.29) is 0 Å². The first-order chi connectivity index (χ1) is 12.3. The zero-order chi connectivity index (χ0) is 17.7. The van der Waals surface area contributed by atoms with E-state index in [4.69, 9.17) is 4.74 Å². The second kappa shape index (κ2) is 11.9. The minimum Gasteiger partial charge on any atom is -0.375 e. The molecular weight excluding hydrogens is 312 g/mol. The number of benzene rings is 1. The molecule has 25 heavy (non-hydrogen) atoms. The zero-order valence-electron chi connectivity index (χ0n) is 15.8. The average Bonchev–Trinajstić information content (AvgIpc) is 2.65. The van der Waals surface area contributed by atoms with Gasteiger partial charge >= 0.3 is 0 Å². The Balaban J connectivity index is 1.48. The van der Waals surface area contributed by atoms with Crippen molar-refractivity contribution in [3.8, 4) is 0 Å². The van der Waals surface area contributed by atoms with Gasteiger partial charge in [0.2, 0.25) is 0 Å². The van der Waals surface area contributed by atoms with Gasteiger partial charge in [-0.25, -0.2) is 0 Å². The molecule has 5 heteroatoms. The van der Waals surface area contributed by atoms with Crippen molar-refractivity contribution < 1.29 is 4.74 Å². The first-order valence-electron chi connectivity index (χ1n) is 9.56. The van der Waals surface area contributed by atoms with Crippen LogP contribution in [0.2, 0.25) is 0 Å². The third-order valence-electron chi connectivity index (χ3n) is 4.69. The Morgan fingerprint density at radius 2 is 1.88 bits per heavy atom. The number of rotatable bonds is 9. The van der Waals surface area contributed by atoms with Crippen molar-refractivity contribution in [2.75, 3.05) is 46.4 Å². The molecular formula is C20H34N4O. The number of nitrogens with one attached hydrogen (secondary N) is 2. The molecule has 0 atom stereocenters. The molecule has 0 aromatic heterocycles. The molecule has 0 bridgehead atoms. The molecule has 0 aliphatic carbocycles. The molecule has 140 valence electrons. The molecule has 1 fully saturated rings. The third-order valence-corrected chi connectivity index (χ3v) is 4.69. The molecule has 0 spiro atoms. The lowest BCUT2D eigenvalue weighted by atomic mass is 9.99. The zero-order valence-corrected chi connectivity index (χ0v) is 15.8. The molecule has 1 aromatic carbocycles. The van der Waals surface area contributed by atoms with Gasteiger partial charge in [-0.05, 0) is 50.4 Å². The van der Waals surface area contributed by atoms with Crippen molar-refractivity contribution in [2.24, 2.45) is 10.9 Å². The van der Waals surface area contributed by atoms with Crippen molar-refractivity contribution >= 4 is 5.96 Å². The molecule has 1 heterocycles. The maximum atomic E-state index is 5.68. The molecule has 1 saturated heterocycles. The fourth-order valence-electron chi connectivity index (χ4n) is 3.02. The van der Waals surface area contributed by atoms with Crippen LogP contribution in [0.1, 0.15) is 31.7 Å². The summed E-state index contributed by atoms with van der Waals surface area (Å²) in [5.74, 6) is 1.76. The largest absolute Gasteiger partial charge is 0.375 e. The van der Waals surface area contributed by atoms with Crippen molar-refractivity contribution in [3.63, 3.8) is 0 Å². The monoisotopic (exact) mass is 346 g/mol. The molecule has 2 rings (SSSR count). The van der Waals surface area contributed by atoms with Gasteiger partial charge in [0.15, 0.2) is 5.96 Å². The predicted octanol–water partition coefficient (Wildman–Crippen LogP) is 2.49. The average molecular weight is 347 g/mol.